The van der Waals surface area contributed by atoms with Crippen molar-refractivity contribution >= 4 is 21.6 Å². The van der Waals surface area contributed by atoms with E-state index >= 15 is 0 Å². The van der Waals surface area contributed by atoms with Crippen molar-refractivity contribution in [3.63, 3.8) is 0 Å². The lowest BCUT2D eigenvalue weighted by Gasteiger charge is -2.30. The molecule has 0 fully saturated rings. The van der Waals surface area contributed by atoms with E-state index in [4.69, 9.17) is 0 Å². The summed E-state index contributed by atoms with van der Waals surface area (Å²) in [7, 11) is -2.14. The highest BCUT2D eigenvalue weighted by atomic mass is 32.2. The second-order valence-corrected chi connectivity index (χ2v) is 9.98. The van der Waals surface area contributed by atoms with Crippen molar-refractivity contribution in [2.75, 3.05) is 24.4 Å². The van der Waals surface area contributed by atoms with Gasteiger partial charge in [-0.05, 0) is 71.0 Å². The minimum atomic E-state index is -3.65. The molecule has 0 saturated carbocycles. The zero-order chi connectivity index (χ0) is 22.5. The molecule has 0 aliphatic rings. The van der Waals surface area contributed by atoms with Crippen LogP contribution in [0.1, 0.15) is 43.6 Å². The number of carbonyl (C=O) groups excluding carboxylic acids is 1. The van der Waals surface area contributed by atoms with Crippen molar-refractivity contribution in [1.29, 1.82) is 0 Å². The van der Waals surface area contributed by atoms with Gasteiger partial charge in [-0.15, -0.1) is 0 Å². The first-order valence-corrected chi connectivity index (χ1v) is 11.7. The lowest BCUT2D eigenvalue weighted by atomic mass is 10.2. The van der Waals surface area contributed by atoms with Crippen molar-refractivity contribution in [2.45, 2.75) is 51.6 Å². The van der Waals surface area contributed by atoms with Gasteiger partial charge >= 0.3 is 0 Å². The number of sulfonamides is 1. The van der Waals surface area contributed by atoms with Crippen LogP contribution in [0.25, 0.3) is 0 Å². The number of nitrogens with one attached hydrogen (secondary N) is 1. The van der Waals surface area contributed by atoms with E-state index in [-0.39, 0.29) is 10.8 Å². The molecule has 0 spiro atoms. The molecule has 7 heteroatoms. The van der Waals surface area contributed by atoms with Gasteiger partial charge in [-0.2, -0.15) is 0 Å². The molecule has 2 aromatic rings. The van der Waals surface area contributed by atoms with Gasteiger partial charge in [0.25, 0.3) is 15.9 Å². The Labute approximate surface area is 180 Å². The van der Waals surface area contributed by atoms with Crippen LogP contribution in [0, 0.1) is 6.92 Å². The highest BCUT2D eigenvalue weighted by Gasteiger charge is 2.21. The van der Waals surface area contributed by atoms with Gasteiger partial charge in [-0.25, -0.2) is 8.42 Å². The number of amides is 1. The van der Waals surface area contributed by atoms with Crippen molar-refractivity contribution < 1.29 is 13.2 Å². The summed E-state index contributed by atoms with van der Waals surface area (Å²) in [5.74, 6) is -0.168. The molecule has 0 saturated heterocycles. The summed E-state index contributed by atoms with van der Waals surface area (Å²) in [6.07, 6.45) is 0. The van der Waals surface area contributed by atoms with Crippen molar-refractivity contribution in [1.82, 2.24) is 10.2 Å². The molecule has 0 radical (unpaired) electrons. The van der Waals surface area contributed by atoms with E-state index in [0.717, 1.165) is 12.1 Å². The Hall–Kier alpha value is -2.38. The summed E-state index contributed by atoms with van der Waals surface area (Å²) in [4.78, 5) is 15.0. The number of hydrogen-bond donors (Lipinski definition) is 1. The molecular weight excluding hydrogens is 398 g/mol. The molecule has 1 N–H and O–H groups in total. The van der Waals surface area contributed by atoms with Crippen LogP contribution in [-0.2, 0) is 10.0 Å². The third kappa shape index (κ3) is 5.83. The Morgan fingerprint density at radius 2 is 1.47 bits per heavy atom. The summed E-state index contributed by atoms with van der Waals surface area (Å²) < 4.78 is 26.9. The van der Waals surface area contributed by atoms with Gasteiger partial charge in [0.2, 0.25) is 0 Å². The van der Waals surface area contributed by atoms with E-state index < -0.39 is 10.0 Å². The molecule has 164 valence electrons. The minimum Gasteiger partial charge on any atom is -0.351 e. The van der Waals surface area contributed by atoms with Crippen molar-refractivity contribution in [3.8, 4) is 0 Å². The Morgan fingerprint density at radius 1 is 0.933 bits per heavy atom. The van der Waals surface area contributed by atoms with Crippen LogP contribution in [0.5, 0.6) is 0 Å². The largest absolute Gasteiger partial charge is 0.351 e. The fraction of sp³-hybridized carbons (Fsp3) is 0.435. The molecule has 1 amide bonds. The van der Waals surface area contributed by atoms with Crippen LogP contribution in [0.2, 0.25) is 0 Å². The van der Waals surface area contributed by atoms with Crippen LogP contribution >= 0.6 is 0 Å². The molecule has 0 atom stereocenters. The fourth-order valence-corrected chi connectivity index (χ4v) is 4.54. The first-order valence-electron chi connectivity index (χ1n) is 10.2. The number of aryl methyl sites for hydroxylation is 1. The van der Waals surface area contributed by atoms with Crippen LogP contribution in [0.15, 0.2) is 53.4 Å². The molecule has 0 aromatic heterocycles. The standard InChI is InChI=1S/C23H33N3O3S/c1-17(2)26(18(3)4)16-15-24-23(27)20-9-11-21(12-10-20)25(6)30(28,29)22-13-7-19(5)8-14-22/h7-14,17-18H,15-16H2,1-6H3,(H,24,27). The van der Waals surface area contributed by atoms with E-state index in [1.54, 1.807) is 48.5 Å². The summed E-state index contributed by atoms with van der Waals surface area (Å²) >= 11 is 0. The Morgan fingerprint density at radius 3 is 1.97 bits per heavy atom. The quantitative estimate of drug-likeness (QED) is 0.658. The first-order chi connectivity index (χ1) is 14.0. The third-order valence-corrected chi connectivity index (χ3v) is 6.95. The average Bonchev–Trinajstić information content (AvgIpc) is 2.70. The predicted octanol–water partition coefficient (Wildman–Crippen LogP) is 3.67. The molecular formula is C23H33N3O3S. The monoisotopic (exact) mass is 431 g/mol. The summed E-state index contributed by atoms with van der Waals surface area (Å²) in [5, 5.41) is 2.94. The lowest BCUT2D eigenvalue weighted by molar-refractivity contribution is 0.0939. The zero-order valence-electron chi connectivity index (χ0n) is 18.7. The van der Waals surface area contributed by atoms with E-state index in [1.807, 2.05) is 6.92 Å². The Bertz CT molecular complexity index is 929. The number of hydrogen-bond acceptors (Lipinski definition) is 4. The van der Waals surface area contributed by atoms with Crippen molar-refractivity contribution in [2.24, 2.45) is 0 Å². The van der Waals surface area contributed by atoms with Gasteiger partial charge in [-0.1, -0.05) is 17.7 Å². The number of nitrogens with zero attached hydrogens (tertiary/aromatic N) is 2. The van der Waals surface area contributed by atoms with Crippen LogP contribution in [0.4, 0.5) is 5.69 Å². The highest BCUT2D eigenvalue weighted by molar-refractivity contribution is 7.92. The van der Waals surface area contributed by atoms with E-state index in [2.05, 4.69) is 37.9 Å². The number of anilines is 1. The topological polar surface area (TPSA) is 69.7 Å². The van der Waals surface area contributed by atoms with Gasteiger partial charge in [-0.3, -0.25) is 14.0 Å². The van der Waals surface area contributed by atoms with Crippen LogP contribution < -0.4 is 9.62 Å². The molecule has 0 heterocycles. The third-order valence-electron chi connectivity index (χ3n) is 5.15. The van der Waals surface area contributed by atoms with Gasteiger partial charge in [0.1, 0.15) is 0 Å². The van der Waals surface area contributed by atoms with Crippen LogP contribution in [-0.4, -0.2) is 51.4 Å². The molecule has 30 heavy (non-hydrogen) atoms. The van der Waals surface area contributed by atoms with E-state index in [0.29, 0.717) is 29.9 Å². The summed E-state index contributed by atoms with van der Waals surface area (Å²) in [6.45, 7) is 11.8. The van der Waals surface area contributed by atoms with Gasteiger partial charge in [0, 0.05) is 37.8 Å². The normalized spacial score (nSPS) is 11.9. The molecule has 2 rings (SSSR count). The van der Waals surface area contributed by atoms with E-state index in [1.165, 1.54) is 11.4 Å². The van der Waals surface area contributed by atoms with Gasteiger partial charge in [0.15, 0.2) is 0 Å². The average molecular weight is 432 g/mol. The molecule has 0 bridgehead atoms. The second-order valence-electron chi connectivity index (χ2n) is 8.01. The highest BCUT2D eigenvalue weighted by Crippen LogP contribution is 2.22. The maximum Gasteiger partial charge on any atom is 0.264 e. The molecule has 2 aromatic carbocycles. The smallest absolute Gasteiger partial charge is 0.264 e. The summed E-state index contributed by atoms with van der Waals surface area (Å²) in [5.41, 5.74) is 2.00. The molecule has 6 nitrogen and oxygen atoms in total. The Balaban J connectivity index is 2.03. The number of rotatable bonds is 9. The zero-order valence-corrected chi connectivity index (χ0v) is 19.5. The molecule has 0 unspecified atom stereocenters. The van der Waals surface area contributed by atoms with E-state index in [9.17, 15) is 13.2 Å². The lowest BCUT2D eigenvalue weighted by Crippen LogP contribution is -2.42. The van der Waals surface area contributed by atoms with Gasteiger partial charge < -0.3 is 5.32 Å². The van der Waals surface area contributed by atoms with Crippen molar-refractivity contribution in [3.05, 3.63) is 59.7 Å². The Kier molecular flexibility index (Phi) is 8.03. The summed E-state index contributed by atoms with van der Waals surface area (Å²) in [6, 6.07) is 14.1. The second kappa shape index (κ2) is 10.1. The number of benzene rings is 2. The minimum absolute atomic E-state index is 0.168. The maximum absolute atomic E-state index is 12.8. The molecule has 0 aliphatic carbocycles. The number of carbonyl (C=O) groups is 1. The maximum atomic E-state index is 12.8. The SMILES string of the molecule is Cc1ccc(S(=O)(=O)N(C)c2ccc(C(=O)NCCN(C(C)C)C(C)C)cc2)cc1. The first kappa shape index (κ1) is 23.9. The molecule has 0 aliphatic heterocycles. The predicted molar refractivity (Wildman–Crippen MR) is 123 cm³/mol. The van der Waals surface area contributed by atoms with Gasteiger partial charge in [0.05, 0.1) is 10.6 Å². The fourth-order valence-electron chi connectivity index (χ4n) is 3.34. The van der Waals surface area contributed by atoms with Crippen LogP contribution in [0.3, 0.4) is 0 Å².